The molecule has 0 bridgehead atoms. The second-order valence-corrected chi connectivity index (χ2v) is 5.72. The molecule has 2 heterocycles. The first-order chi connectivity index (χ1) is 9.70. The Morgan fingerprint density at radius 3 is 2.65 bits per heavy atom. The van der Waals surface area contributed by atoms with Crippen molar-refractivity contribution < 1.29 is 9.53 Å². The second kappa shape index (κ2) is 5.41. The molecule has 3 heteroatoms. The van der Waals surface area contributed by atoms with Gasteiger partial charge in [0.2, 0.25) is 0 Å². The van der Waals surface area contributed by atoms with E-state index >= 15 is 0 Å². The highest BCUT2D eigenvalue weighted by Crippen LogP contribution is 2.38. The molecule has 20 heavy (non-hydrogen) atoms. The second-order valence-electron chi connectivity index (χ2n) is 5.72. The van der Waals surface area contributed by atoms with Crippen LogP contribution in [0.15, 0.2) is 36.4 Å². The Bertz CT molecular complexity index is 520. The molecule has 2 aliphatic rings. The first kappa shape index (κ1) is 13.4. The SMILES string of the molecule is COc1ccc([C@@H]2CC(=O)[C@@H](C)[C@@H]3CC=CCN23)cc1. The molecule has 0 N–H and O–H groups in total. The fourth-order valence-electron chi connectivity index (χ4n) is 3.40. The summed E-state index contributed by atoms with van der Waals surface area (Å²) in [7, 11) is 1.67. The van der Waals surface area contributed by atoms with Gasteiger partial charge in [-0.2, -0.15) is 0 Å². The Hall–Kier alpha value is -1.61. The van der Waals surface area contributed by atoms with Crippen LogP contribution in [0.5, 0.6) is 5.75 Å². The quantitative estimate of drug-likeness (QED) is 0.774. The zero-order chi connectivity index (χ0) is 14.1. The number of fused-ring (bicyclic) bond motifs is 1. The van der Waals surface area contributed by atoms with E-state index in [1.165, 1.54) is 5.56 Å². The summed E-state index contributed by atoms with van der Waals surface area (Å²) in [5.41, 5.74) is 1.21. The lowest BCUT2D eigenvalue weighted by Crippen LogP contribution is -2.51. The van der Waals surface area contributed by atoms with Gasteiger partial charge in [0.25, 0.3) is 0 Å². The molecular weight excluding hydrogens is 250 g/mol. The normalized spacial score (nSPS) is 30.1. The van der Waals surface area contributed by atoms with E-state index in [2.05, 4.69) is 36.1 Å². The smallest absolute Gasteiger partial charge is 0.139 e. The van der Waals surface area contributed by atoms with Crippen molar-refractivity contribution in [2.24, 2.45) is 5.92 Å². The summed E-state index contributed by atoms with van der Waals surface area (Å²) >= 11 is 0. The highest BCUT2D eigenvalue weighted by atomic mass is 16.5. The molecule has 106 valence electrons. The van der Waals surface area contributed by atoms with E-state index in [-0.39, 0.29) is 12.0 Å². The van der Waals surface area contributed by atoms with Gasteiger partial charge in [0.05, 0.1) is 7.11 Å². The average molecular weight is 271 g/mol. The number of hydrogen-bond donors (Lipinski definition) is 0. The van der Waals surface area contributed by atoms with Crippen LogP contribution in [0.25, 0.3) is 0 Å². The van der Waals surface area contributed by atoms with Gasteiger partial charge in [-0.05, 0) is 24.1 Å². The van der Waals surface area contributed by atoms with Crippen LogP contribution in [0.2, 0.25) is 0 Å². The summed E-state index contributed by atoms with van der Waals surface area (Å²) in [5.74, 6) is 1.40. The third kappa shape index (κ3) is 2.27. The number of hydrogen-bond acceptors (Lipinski definition) is 3. The Labute approximate surface area is 120 Å². The average Bonchev–Trinajstić information content (AvgIpc) is 2.51. The Kier molecular flexibility index (Phi) is 3.62. The number of methoxy groups -OCH3 is 1. The molecule has 0 aromatic heterocycles. The zero-order valence-electron chi connectivity index (χ0n) is 12.1. The number of ketones is 1. The molecule has 0 unspecified atom stereocenters. The maximum atomic E-state index is 12.3. The molecular formula is C17H21NO2. The van der Waals surface area contributed by atoms with Crippen LogP contribution in [0, 0.1) is 5.92 Å². The van der Waals surface area contributed by atoms with Crippen molar-refractivity contribution in [1.82, 2.24) is 4.90 Å². The molecule has 2 aliphatic heterocycles. The van der Waals surface area contributed by atoms with E-state index in [0.717, 1.165) is 18.7 Å². The number of Topliss-reactive ketones (excluding diaryl/α,β-unsaturated/α-hetero) is 1. The fourth-order valence-corrected chi connectivity index (χ4v) is 3.40. The standard InChI is InChI=1S/C17H21NO2/c1-12-15-5-3-4-10-18(15)16(11-17(12)19)13-6-8-14(20-2)9-7-13/h3-4,6-9,12,15-16H,5,10-11H2,1-2H3/t12-,15-,16-/m0/s1. The summed E-state index contributed by atoms with van der Waals surface area (Å²) < 4.78 is 5.21. The molecule has 0 radical (unpaired) electrons. The molecule has 0 amide bonds. The summed E-state index contributed by atoms with van der Waals surface area (Å²) in [4.78, 5) is 14.8. The minimum Gasteiger partial charge on any atom is -0.497 e. The van der Waals surface area contributed by atoms with Gasteiger partial charge in [-0.25, -0.2) is 0 Å². The van der Waals surface area contributed by atoms with Gasteiger partial charge in [-0.1, -0.05) is 31.2 Å². The van der Waals surface area contributed by atoms with Gasteiger partial charge in [0.15, 0.2) is 0 Å². The van der Waals surface area contributed by atoms with Gasteiger partial charge in [-0.3, -0.25) is 9.69 Å². The van der Waals surface area contributed by atoms with E-state index < -0.39 is 0 Å². The van der Waals surface area contributed by atoms with Crippen LogP contribution in [0.1, 0.15) is 31.4 Å². The lowest BCUT2D eigenvalue weighted by atomic mass is 9.80. The van der Waals surface area contributed by atoms with Crippen LogP contribution >= 0.6 is 0 Å². The zero-order valence-corrected chi connectivity index (χ0v) is 12.1. The van der Waals surface area contributed by atoms with E-state index in [4.69, 9.17) is 4.74 Å². The number of carbonyl (C=O) groups is 1. The summed E-state index contributed by atoms with van der Waals surface area (Å²) in [6.07, 6.45) is 6.04. The lowest BCUT2D eigenvalue weighted by Gasteiger charge is -2.45. The first-order valence-corrected chi connectivity index (χ1v) is 7.28. The Morgan fingerprint density at radius 1 is 1.20 bits per heavy atom. The van der Waals surface area contributed by atoms with Crippen molar-refractivity contribution in [3.05, 3.63) is 42.0 Å². The highest BCUT2D eigenvalue weighted by molar-refractivity contribution is 5.83. The predicted molar refractivity (Wildman–Crippen MR) is 78.8 cm³/mol. The maximum absolute atomic E-state index is 12.3. The summed E-state index contributed by atoms with van der Waals surface area (Å²) in [5, 5.41) is 0. The molecule has 0 aliphatic carbocycles. The Morgan fingerprint density at radius 2 is 1.95 bits per heavy atom. The largest absolute Gasteiger partial charge is 0.497 e. The minimum atomic E-state index is 0.148. The molecule has 1 saturated heterocycles. The molecule has 1 aromatic carbocycles. The van der Waals surface area contributed by atoms with Crippen molar-refractivity contribution in [2.75, 3.05) is 13.7 Å². The molecule has 3 atom stereocenters. The van der Waals surface area contributed by atoms with Crippen LogP contribution in [0.4, 0.5) is 0 Å². The number of ether oxygens (including phenoxy) is 1. The summed E-state index contributed by atoms with van der Waals surface area (Å²) in [6, 6.07) is 8.69. The molecule has 0 saturated carbocycles. The van der Waals surface area contributed by atoms with Gasteiger partial charge in [0, 0.05) is 31.0 Å². The minimum absolute atomic E-state index is 0.148. The van der Waals surface area contributed by atoms with Gasteiger partial charge < -0.3 is 4.74 Å². The van der Waals surface area contributed by atoms with Crippen LogP contribution in [0.3, 0.4) is 0 Å². The molecule has 3 nitrogen and oxygen atoms in total. The van der Waals surface area contributed by atoms with Crippen molar-refractivity contribution in [3.8, 4) is 5.75 Å². The van der Waals surface area contributed by atoms with Crippen molar-refractivity contribution in [2.45, 2.75) is 31.8 Å². The van der Waals surface area contributed by atoms with E-state index in [1.54, 1.807) is 7.11 Å². The number of nitrogens with zero attached hydrogens (tertiary/aromatic N) is 1. The highest BCUT2D eigenvalue weighted by Gasteiger charge is 2.40. The van der Waals surface area contributed by atoms with Gasteiger partial charge in [0.1, 0.15) is 11.5 Å². The van der Waals surface area contributed by atoms with Crippen molar-refractivity contribution in [1.29, 1.82) is 0 Å². The number of benzene rings is 1. The lowest BCUT2D eigenvalue weighted by molar-refractivity contribution is -0.131. The van der Waals surface area contributed by atoms with Crippen molar-refractivity contribution >= 4 is 5.78 Å². The van der Waals surface area contributed by atoms with E-state index in [0.29, 0.717) is 18.2 Å². The van der Waals surface area contributed by atoms with Gasteiger partial charge in [-0.15, -0.1) is 0 Å². The number of rotatable bonds is 2. The molecule has 3 rings (SSSR count). The monoisotopic (exact) mass is 271 g/mol. The van der Waals surface area contributed by atoms with Crippen LogP contribution < -0.4 is 4.74 Å². The molecule has 0 spiro atoms. The fraction of sp³-hybridized carbons (Fsp3) is 0.471. The topological polar surface area (TPSA) is 29.5 Å². The summed E-state index contributed by atoms with van der Waals surface area (Å²) in [6.45, 7) is 3.02. The Balaban J connectivity index is 1.90. The van der Waals surface area contributed by atoms with Crippen molar-refractivity contribution in [3.63, 3.8) is 0 Å². The maximum Gasteiger partial charge on any atom is 0.139 e. The van der Waals surface area contributed by atoms with E-state index in [9.17, 15) is 4.79 Å². The third-order valence-electron chi connectivity index (χ3n) is 4.67. The number of piperidine rings is 1. The van der Waals surface area contributed by atoms with Crippen LogP contribution in [-0.2, 0) is 4.79 Å². The van der Waals surface area contributed by atoms with Crippen LogP contribution in [-0.4, -0.2) is 30.4 Å². The van der Waals surface area contributed by atoms with E-state index in [1.807, 2.05) is 12.1 Å². The third-order valence-corrected chi connectivity index (χ3v) is 4.67. The predicted octanol–water partition coefficient (Wildman–Crippen LogP) is 2.98. The number of carbonyl (C=O) groups excluding carboxylic acids is 1. The molecule has 1 fully saturated rings. The first-order valence-electron chi connectivity index (χ1n) is 7.28. The molecule has 1 aromatic rings. The van der Waals surface area contributed by atoms with Gasteiger partial charge >= 0.3 is 0 Å².